The van der Waals surface area contributed by atoms with Crippen LogP contribution in [0.15, 0.2) is 12.1 Å². The monoisotopic (exact) mass is 353 g/mol. The van der Waals surface area contributed by atoms with Crippen LogP contribution in [0.1, 0.15) is 43.2 Å². The summed E-state index contributed by atoms with van der Waals surface area (Å²) >= 11 is 6.09. The highest BCUT2D eigenvalue weighted by Gasteiger charge is 2.15. The Kier molecular flexibility index (Phi) is 6.73. The number of ether oxygens (including phenoxy) is 1. The SMILES string of the molecule is Cc1cc(OCC(=O)NNC(=O)NC2CCCCC2)cc(C)c1Cl. The smallest absolute Gasteiger partial charge is 0.333 e. The number of carbonyl (C=O) groups excluding carboxylic acids is 2. The third kappa shape index (κ3) is 5.60. The van der Waals surface area contributed by atoms with Gasteiger partial charge in [0.15, 0.2) is 6.61 Å². The van der Waals surface area contributed by atoms with Crippen LogP contribution in [0.4, 0.5) is 4.79 Å². The summed E-state index contributed by atoms with van der Waals surface area (Å²) in [6.45, 7) is 3.56. The van der Waals surface area contributed by atoms with Crippen molar-refractivity contribution in [3.63, 3.8) is 0 Å². The minimum absolute atomic E-state index is 0.187. The maximum atomic E-state index is 11.7. The molecular weight excluding hydrogens is 330 g/mol. The van der Waals surface area contributed by atoms with Gasteiger partial charge in [-0.05, 0) is 49.9 Å². The summed E-state index contributed by atoms with van der Waals surface area (Å²) in [7, 11) is 0. The van der Waals surface area contributed by atoms with E-state index in [2.05, 4.69) is 16.2 Å². The van der Waals surface area contributed by atoms with Gasteiger partial charge >= 0.3 is 6.03 Å². The lowest BCUT2D eigenvalue weighted by Crippen LogP contribution is -2.51. The Hall–Kier alpha value is -1.95. The number of benzene rings is 1. The van der Waals surface area contributed by atoms with Crippen LogP contribution < -0.4 is 20.9 Å². The van der Waals surface area contributed by atoms with Crippen molar-refractivity contribution in [1.82, 2.24) is 16.2 Å². The molecule has 1 saturated carbocycles. The van der Waals surface area contributed by atoms with Crippen LogP contribution >= 0.6 is 11.6 Å². The summed E-state index contributed by atoms with van der Waals surface area (Å²) < 4.78 is 5.42. The molecule has 0 bridgehead atoms. The molecule has 0 aromatic heterocycles. The molecule has 6 nitrogen and oxygen atoms in total. The van der Waals surface area contributed by atoms with E-state index in [9.17, 15) is 9.59 Å². The molecule has 0 atom stereocenters. The standard InChI is InChI=1S/C17H24ClN3O3/c1-11-8-14(9-12(2)16(11)18)24-10-15(22)20-21-17(23)19-13-6-4-3-5-7-13/h8-9,13H,3-7,10H2,1-2H3,(H,20,22)(H2,19,21,23). The van der Waals surface area contributed by atoms with Crippen molar-refractivity contribution in [2.24, 2.45) is 0 Å². The van der Waals surface area contributed by atoms with Gasteiger partial charge in [-0.3, -0.25) is 10.2 Å². The molecule has 0 spiro atoms. The first-order chi connectivity index (χ1) is 11.5. The normalized spacial score (nSPS) is 14.8. The Bertz CT molecular complexity index is 578. The third-order valence-corrected chi connectivity index (χ3v) is 4.63. The van der Waals surface area contributed by atoms with Crippen molar-refractivity contribution in [3.05, 3.63) is 28.3 Å². The highest BCUT2D eigenvalue weighted by atomic mass is 35.5. The van der Waals surface area contributed by atoms with Gasteiger partial charge in [0, 0.05) is 11.1 Å². The second-order valence-electron chi connectivity index (χ2n) is 6.14. The number of aryl methyl sites for hydroxylation is 2. The second kappa shape index (κ2) is 8.78. The quantitative estimate of drug-likeness (QED) is 0.728. The number of nitrogens with one attached hydrogen (secondary N) is 3. The van der Waals surface area contributed by atoms with Crippen molar-refractivity contribution >= 4 is 23.5 Å². The molecule has 0 heterocycles. The van der Waals surface area contributed by atoms with Crippen LogP contribution in [-0.2, 0) is 4.79 Å². The largest absolute Gasteiger partial charge is 0.484 e. The topological polar surface area (TPSA) is 79.5 Å². The van der Waals surface area contributed by atoms with Gasteiger partial charge in [0.1, 0.15) is 5.75 Å². The minimum Gasteiger partial charge on any atom is -0.484 e. The fourth-order valence-corrected chi connectivity index (χ4v) is 2.88. The number of carbonyl (C=O) groups is 2. The summed E-state index contributed by atoms with van der Waals surface area (Å²) in [4.78, 5) is 23.5. The fourth-order valence-electron chi connectivity index (χ4n) is 2.77. The summed E-state index contributed by atoms with van der Waals surface area (Å²) in [5.41, 5.74) is 6.45. The van der Waals surface area contributed by atoms with Crippen LogP contribution in [0.3, 0.4) is 0 Å². The van der Waals surface area contributed by atoms with Gasteiger partial charge in [0.05, 0.1) is 0 Å². The maximum absolute atomic E-state index is 11.7. The lowest BCUT2D eigenvalue weighted by molar-refractivity contribution is -0.123. The lowest BCUT2D eigenvalue weighted by Gasteiger charge is -2.22. The van der Waals surface area contributed by atoms with Crippen LogP contribution in [0, 0.1) is 13.8 Å². The van der Waals surface area contributed by atoms with E-state index in [-0.39, 0.29) is 12.6 Å². The van der Waals surface area contributed by atoms with E-state index in [0.29, 0.717) is 10.8 Å². The van der Waals surface area contributed by atoms with Crippen molar-refractivity contribution < 1.29 is 14.3 Å². The molecule has 2 rings (SSSR count). The van der Waals surface area contributed by atoms with E-state index < -0.39 is 11.9 Å². The van der Waals surface area contributed by atoms with Crippen LogP contribution in [0.2, 0.25) is 5.02 Å². The number of urea groups is 1. The van der Waals surface area contributed by atoms with E-state index in [1.807, 2.05) is 13.8 Å². The molecule has 24 heavy (non-hydrogen) atoms. The van der Waals surface area contributed by atoms with Crippen LogP contribution in [0.25, 0.3) is 0 Å². The van der Waals surface area contributed by atoms with Crippen LogP contribution in [-0.4, -0.2) is 24.6 Å². The van der Waals surface area contributed by atoms with Gasteiger partial charge in [0.25, 0.3) is 5.91 Å². The molecule has 7 heteroatoms. The molecule has 3 amide bonds. The van der Waals surface area contributed by atoms with Crippen molar-refractivity contribution in [2.45, 2.75) is 52.0 Å². The molecule has 1 aliphatic carbocycles. The fraction of sp³-hybridized carbons (Fsp3) is 0.529. The van der Waals surface area contributed by atoms with E-state index >= 15 is 0 Å². The zero-order valence-electron chi connectivity index (χ0n) is 14.1. The van der Waals surface area contributed by atoms with E-state index in [1.165, 1.54) is 6.42 Å². The molecular formula is C17H24ClN3O3. The maximum Gasteiger partial charge on any atom is 0.333 e. The molecule has 1 aliphatic rings. The minimum atomic E-state index is -0.431. The summed E-state index contributed by atoms with van der Waals surface area (Å²) in [5, 5.41) is 3.54. The first-order valence-electron chi connectivity index (χ1n) is 8.20. The molecule has 0 radical (unpaired) electrons. The van der Waals surface area contributed by atoms with E-state index in [1.54, 1.807) is 12.1 Å². The number of hydrogen-bond acceptors (Lipinski definition) is 3. The summed E-state index contributed by atoms with van der Waals surface area (Å²) in [5.74, 6) is 0.134. The second-order valence-corrected chi connectivity index (χ2v) is 6.52. The molecule has 0 saturated heterocycles. The first-order valence-corrected chi connectivity index (χ1v) is 8.58. The zero-order chi connectivity index (χ0) is 17.5. The van der Waals surface area contributed by atoms with Gasteiger partial charge < -0.3 is 10.1 Å². The van der Waals surface area contributed by atoms with Gasteiger partial charge in [-0.25, -0.2) is 10.2 Å². The highest BCUT2D eigenvalue weighted by Crippen LogP contribution is 2.25. The van der Waals surface area contributed by atoms with Crippen molar-refractivity contribution in [3.8, 4) is 5.75 Å². The molecule has 1 aromatic rings. The predicted octanol–water partition coefficient (Wildman–Crippen LogP) is 3.00. The molecule has 1 fully saturated rings. The number of rotatable bonds is 4. The Morgan fingerprint density at radius 3 is 2.38 bits per heavy atom. The molecule has 1 aromatic carbocycles. The third-order valence-electron chi connectivity index (χ3n) is 4.04. The average Bonchev–Trinajstić information content (AvgIpc) is 2.56. The highest BCUT2D eigenvalue weighted by molar-refractivity contribution is 6.32. The van der Waals surface area contributed by atoms with Crippen LogP contribution in [0.5, 0.6) is 5.75 Å². The molecule has 0 aliphatic heterocycles. The van der Waals surface area contributed by atoms with Gasteiger partial charge in [-0.15, -0.1) is 0 Å². The Morgan fingerprint density at radius 2 is 1.75 bits per heavy atom. The van der Waals surface area contributed by atoms with Crippen molar-refractivity contribution in [1.29, 1.82) is 0 Å². The average molecular weight is 354 g/mol. The van der Waals surface area contributed by atoms with E-state index in [4.69, 9.17) is 16.3 Å². The number of hydrazine groups is 1. The zero-order valence-corrected chi connectivity index (χ0v) is 14.8. The van der Waals surface area contributed by atoms with E-state index in [0.717, 1.165) is 36.8 Å². The molecule has 0 unspecified atom stereocenters. The molecule has 132 valence electrons. The lowest BCUT2D eigenvalue weighted by atomic mass is 9.96. The summed E-state index contributed by atoms with van der Waals surface area (Å²) in [6, 6.07) is 3.33. The Balaban J connectivity index is 1.70. The number of hydrogen-bond donors (Lipinski definition) is 3. The number of halogens is 1. The Morgan fingerprint density at radius 1 is 1.12 bits per heavy atom. The van der Waals surface area contributed by atoms with Gasteiger partial charge in [-0.2, -0.15) is 0 Å². The first kappa shape index (κ1) is 18.4. The predicted molar refractivity (Wildman–Crippen MR) is 93.1 cm³/mol. The van der Waals surface area contributed by atoms with Gasteiger partial charge in [-0.1, -0.05) is 30.9 Å². The van der Waals surface area contributed by atoms with Crippen molar-refractivity contribution in [2.75, 3.05) is 6.61 Å². The molecule has 3 N–H and O–H groups in total. The van der Waals surface area contributed by atoms with Gasteiger partial charge in [0.2, 0.25) is 0 Å². The summed E-state index contributed by atoms with van der Waals surface area (Å²) in [6.07, 6.45) is 5.45. The number of amides is 3. The Labute approximate surface area is 147 Å².